The van der Waals surface area contributed by atoms with E-state index in [2.05, 4.69) is 45.5 Å². The van der Waals surface area contributed by atoms with Crippen molar-refractivity contribution < 1.29 is 0 Å². The molecule has 0 amide bonds. The lowest BCUT2D eigenvalue weighted by molar-refractivity contribution is 0.382. The van der Waals surface area contributed by atoms with Gasteiger partial charge in [-0.2, -0.15) is 0 Å². The summed E-state index contributed by atoms with van der Waals surface area (Å²) in [6.45, 7) is 3.56. The summed E-state index contributed by atoms with van der Waals surface area (Å²) in [7, 11) is 0. The Morgan fingerprint density at radius 1 is 1.05 bits per heavy atom. The standard InChI is InChI=1S/C18H23N3/c1-2-4-17-16(3-1)18(7-10-19-17)21-11-8-14(9-12-21)13-20-15-5-6-15/h1-4,7,10,14-15,20H,5-6,8-9,11-13H2. The van der Waals surface area contributed by atoms with Crippen molar-refractivity contribution in [3.63, 3.8) is 0 Å². The monoisotopic (exact) mass is 281 g/mol. The second-order valence-electron chi connectivity index (χ2n) is 6.46. The van der Waals surface area contributed by atoms with E-state index < -0.39 is 0 Å². The van der Waals surface area contributed by atoms with Gasteiger partial charge in [-0.05, 0) is 50.3 Å². The van der Waals surface area contributed by atoms with Gasteiger partial charge in [-0.15, -0.1) is 0 Å². The van der Waals surface area contributed by atoms with Crippen molar-refractivity contribution in [2.45, 2.75) is 31.7 Å². The number of nitrogens with one attached hydrogen (secondary N) is 1. The number of para-hydroxylation sites is 1. The van der Waals surface area contributed by atoms with Crippen LogP contribution in [0.25, 0.3) is 10.9 Å². The Balaban J connectivity index is 1.44. The summed E-state index contributed by atoms with van der Waals surface area (Å²) in [5.41, 5.74) is 2.46. The van der Waals surface area contributed by atoms with Gasteiger partial charge in [0.15, 0.2) is 0 Å². The smallest absolute Gasteiger partial charge is 0.0722 e. The number of fused-ring (bicyclic) bond motifs is 1. The second kappa shape index (κ2) is 5.64. The minimum absolute atomic E-state index is 0.840. The normalized spacial score (nSPS) is 20.1. The topological polar surface area (TPSA) is 28.2 Å². The van der Waals surface area contributed by atoms with Crippen molar-refractivity contribution in [3.8, 4) is 0 Å². The molecule has 1 saturated heterocycles. The molecule has 1 aliphatic heterocycles. The number of benzene rings is 1. The second-order valence-corrected chi connectivity index (χ2v) is 6.46. The summed E-state index contributed by atoms with van der Waals surface area (Å²) in [6, 6.07) is 11.5. The number of anilines is 1. The molecule has 3 heteroatoms. The molecular weight excluding hydrogens is 258 g/mol. The average Bonchev–Trinajstić information content (AvgIpc) is 3.37. The molecule has 0 atom stereocenters. The maximum atomic E-state index is 4.47. The van der Waals surface area contributed by atoms with Gasteiger partial charge in [-0.3, -0.25) is 4.98 Å². The van der Waals surface area contributed by atoms with Gasteiger partial charge in [0.2, 0.25) is 0 Å². The molecule has 1 N–H and O–H groups in total. The zero-order valence-electron chi connectivity index (χ0n) is 12.5. The largest absolute Gasteiger partial charge is 0.371 e. The Labute approximate surface area is 126 Å². The maximum absolute atomic E-state index is 4.47. The van der Waals surface area contributed by atoms with Crippen LogP contribution in [0.15, 0.2) is 36.5 Å². The van der Waals surface area contributed by atoms with E-state index in [1.165, 1.54) is 56.4 Å². The van der Waals surface area contributed by atoms with E-state index in [1.54, 1.807) is 0 Å². The van der Waals surface area contributed by atoms with Gasteiger partial charge in [0.1, 0.15) is 0 Å². The minimum atomic E-state index is 0.840. The summed E-state index contributed by atoms with van der Waals surface area (Å²) >= 11 is 0. The van der Waals surface area contributed by atoms with Crippen molar-refractivity contribution in [3.05, 3.63) is 36.5 Å². The third-order valence-electron chi connectivity index (χ3n) is 4.85. The first-order valence-electron chi connectivity index (χ1n) is 8.22. The van der Waals surface area contributed by atoms with Crippen LogP contribution in [0.3, 0.4) is 0 Å². The van der Waals surface area contributed by atoms with Crippen LogP contribution in [0, 0.1) is 5.92 Å². The molecule has 0 radical (unpaired) electrons. The van der Waals surface area contributed by atoms with Crippen molar-refractivity contribution in [2.75, 3.05) is 24.5 Å². The molecule has 2 aromatic rings. The Bertz CT molecular complexity index is 607. The maximum Gasteiger partial charge on any atom is 0.0722 e. The predicted octanol–water partition coefficient (Wildman–Crippen LogP) is 3.20. The number of rotatable bonds is 4. The van der Waals surface area contributed by atoms with Gasteiger partial charge in [0, 0.05) is 36.4 Å². The highest BCUT2D eigenvalue weighted by molar-refractivity contribution is 5.91. The third-order valence-corrected chi connectivity index (χ3v) is 4.85. The Morgan fingerprint density at radius 3 is 2.67 bits per heavy atom. The highest BCUT2D eigenvalue weighted by Gasteiger charge is 2.24. The van der Waals surface area contributed by atoms with E-state index in [0.29, 0.717) is 0 Å². The molecule has 21 heavy (non-hydrogen) atoms. The Hall–Kier alpha value is -1.61. The van der Waals surface area contributed by atoms with E-state index in [-0.39, 0.29) is 0 Å². The summed E-state index contributed by atoms with van der Waals surface area (Å²) < 4.78 is 0. The van der Waals surface area contributed by atoms with E-state index in [1.807, 2.05) is 6.20 Å². The molecule has 2 fully saturated rings. The number of hydrogen-bond donors (Lipinski definition) is 1. The van der Waals surface area contributed by atoms with Crippen LogP contribution in [-0.4, -0.2) is 30.7 Å². The number of nitrogens with zero attached hydrogens (tertiary/aromatic N) is 2. The lowest BCUT2D eigenvalue weighted by Crippen LogP contribution is -2.37. The van der Waals surface area contributed by atoms with Crippen LogP contribution >= 0.6 is 0 Å². The van der Waals surface area contributed by atoms with Crippen LogP contribution in [0.4, 0.5) is 5.69 Å². The molecule has 1 saturated carbocycles. The number of aromatic nitrogens is 1. The number of pyridine rings is 1. The molecule has 0 spiro atoms. The zero-order chi connectivity index (χ0) is 14.1. The number of hydrogen-bond acceptors (Lipinski definition) is 3. The van der Waals surface area contributed by atoms with Gasteiger partial charge in [-0.25, -0.2) is 0 Å². The first-order valence-corrected chi connectivity index (χ1v) is 8.22. The van der Waals surface area contributed by atoms with Crippen LogP contribution < -0.4 is 10.2 Å². The minimum Gasteiger partial charge on any atom is -0.371 e. The number of piperidine rings is 1. The fraction of sp³-hybridized carbons (Fsp3) is 0.500. The molecule has 0 unspecified atom stereocenters. The fourth-order valence-corrected chi connectivity index (χ4v) is 3.36. The van der Waals surface area contributed by atoms with Crippen molar-refractivity contribution in [2.24, 2.45) is 5.92 Å². The van der Waals surface area contributed by atoms with E-state index >= 15 is 0 Å². The summed E-state index contributed by atoms with van der Waals surface area (Å²) in [5, 5.41) is 4.97. The van der Waals surface area contributed by atoms with Gasteiger partial charge < -0.3 is 10.2 Å². The first kappa shape index (κ1) is 13.1. The van der Waals surface area contributed by atoms with Gasteiger partial charge in [-0.1, -0.05) is 18.2 Å². The summed E-state index contributed by atoms with van der Waals surface area (Å²) in [6.07, 6.45) is 7.33. The van der Waals surface area contributed by atoms with Crippen LogP contribution in [-0.2, 0) is 0 Å². The summed E-state index contributed by atoms with van der Waals surface area (Å²) in [5.74, 6) is 0.856. The zero-order valence-corrected chi connectivity index (χ0v) is 12.5. The van der Waals surface area contributed by atoms with Gasteiger partial charge >= 0.3 is 0 Å². The average molecular weight is 281 g/mol. The molecular formula is C18H23N3. The highest BCUT2D eigenvalue weighted by atomic mass is 15.1. The van der Waals surface area contributed by atoms with Crippen molar-refractivity contribution in [1.29, 1.82) is 0 Å². The molecule has 2 heterocycles. The molecule has 1 aromatic carbocycles. The molecule has 1 aromatic heterocycles. The van der Waals surface area contributed by atoms with E-state index in [9.17, 15) is 0 Å². The Kier molecular flexibility index (Phi) is 3.52. The predicted molar refractivity (Wildman–Crippen MR) is 87.7 cm³/mol. The van der Waals surface area contributed by atoms with E-state index in [0.717, 1.165) is 17.5 Å². The van der Waals surface area contributed by atoms with Crippen LogP contribution in [0.5, 0.6) is 0 Å². The lowest BCUT2D eigenvalue weighted by Gasteiger charge is -2.34. The highest BCUT2D eigenvalue weighted by Crippen LogP contribution is 2.29. The molecule has 110 valence electrons. The van der Waals surface area contributed by atoms with E-state index in [4.69, 9.17) is 0 Å². The molecule has 0 bridgehead atoms. The molecule has 1 aliphatic carbocycles. The molecule has 3 nitrogen and oxygen atoms in total. The van der Waals surface area contributed by atoms with Gasteiger partial charge in [0.25, 0.3) is 0 Å². The van der Waals surface area contributed by atoms with Crippen molar-refractivity contribution >= 4 is 16.6 Å². The molecule has 4 rings (SSSR count). The SMILES string of the molecule is c1ccc2c(N3CCC(CNC4CC4)CC3)ccnc2c1. The van der Waals surface area contributed by atoms with Gasteiger partial charge in [0.05, 0.1) is 5.52 Å². The Morgan fingerprint density at radius 2 is 1.86 bits per heavy atom. The quantitative estimate of drug-likeness (QED) is 0.933. The summed E-state index contributed by atoms with van der Waals surface area (Å²) in [4.78, 5) is 7.01. The van der Waals surface area contributed by atoms with Crippen LogP contribution in [0.1, 0.15) is 25.7 Å². The van der Waals surface area contributed by atoms with Crippen molar-refractivity contribution in [1.82, 2.24) is 10.3 Å². The molecule has 2 aliphatic rings. The third kappa shape index (κ3) is 2.88. The van der Waals surface area contributed by atoms with Crippen LogP contribution in [0.2, 0.25) is 0 Å². The lowest BCUT2D eigenvalue weighted by atomic mass is 9.96. The fourth-order valence-electron chi connectivity index (χ4n) is 3.36. The first-order chi connectivity index (χ1) is 10.4.